The second-order valence-corrected chi connectivity index (χ2v) is 6.36. The Bertz CT molecular complexity index is 419. The summed E-state index contributed by atoms with van der Waals surface area (Å²) in [5.41, 5.74) is 1.07. The van der Waals surface area contributed by atoms with Gasteiger partial charge in [0, 0.05) is 18.8 Å². The summed E-state index contributed by atoms with van der Waals surface area (Å²) in [7, 11) is 0. The quantitative estimate of drug-likeness (QED) is 0.885. The second kappa shape index (κ2) is 4.30. The van der Waals surface area contributed by atoms with Crippen LogP contribution in [-0.4, -0.2) is 16.2 Å². The van der Waals surface area contributed by atoms with Crippen LogP contribution in [0.2, 0.25) is 0 Å². The average Bonchev–Trinajstić information content (AvgIpc) is 3.09. The molecule has 5 unspecified atom stereocenters. The molecule has 4 rings (SSSR count). The summed E-state index contributed by atoms with van der Waals surface area (Å²) in [5, 5.41) is 11.8. The lowest BCUT2D eigenvalue weighted by molar-refractivity contribution is 0.207. The van der Waals surface area contributed by atoms with Crippen molar-refractivity contribution in [3.63, 3.8) is 0 Å². The van der Waals surface area contributed by atoms with Crippen molar-refractivity contribution in [1.82, 2.24) is 15.5 Å². The minimum Gasteiger partial charge on any atom is -0.308 e. The average molecular weight is 243 g/mol. The van der Waals surface area contributed by atoms with Gasteiger partial charge in [-0.05, 0) is 61.5 Å². The van der Waals surface area contributed by atoms with Crippen LogP contribution in [0, 0.1) is 23.7 Å². The number of aromatic nitrogens is 2. The lowest BCUT2D eigenvalue weighted by Crippen LogP contribution is -2.39. The van der Waals surface area contributed by atoms with E-state index in [0.29, 0.717) is 0 Å². The zero-order valence-corrected chi connectivity index (χ0v) is 10.8. The fourth-order valence-electron chi connectivity index (χ4n) is 4.97. The van der Waals surface area contributed by atoms with E-state index in [2.05, 4.69) is 21.6 Å². The van der Waals surface area contributed by atoms with Gasteiger partial charge in [-0.2, -0.15) is 10.2 Å². The molecule has 3 nitrogen and oxygen atoms in total. The first-order valence-corrected chi connectivity index (χ1v) is 7.42. The van der Waals surface area contributed by atoms with Gasteiger partial charge in [-0.1, -0.05) is 6.42 Å². The van der Waals surface area contributed by atoms with Crippen LogP contribution in [-0.2, 0) is 6.54 Å². The van der Waals surface area contributed by atoms with Gasteiger partial charge in [-0.3, -0.25) is 0 Å². The van der Waals surface area contributed by atoms with E-state index in [1.807, 2.05) is 6.07 Å². The van der Waals surface area contributed by atoms with Crippen molar-refractivity contribution in [2.45, 2.75) is 44.7 Å². The first-order valence-electron chi connectivity index (χ1n) is 7.42. The van der Waals surface area contributed by atoms with Gasteiger partial charge in [-0.25, -0.2) is 0 Å². The topological polar surface area (TPSA) is 37.8 Å². The molecule has 1 N–H and O–H groups in total. The Balaban J connectivity index is 1.40. The number of rotatable bonds is 3. The summed E-state index contributed by atoms with van der Waals surface area (Å²) in [4.78, 5) is 0. The molecule has 0 amide bonds. The maximum atomic E-state index is 4.16. The van der Waals surface area contributed by atoms with Crippen molar-refractivity contribution in [3.05, 3.63) is 24.0 Å². The summed E-state index contributed by atoms with van der Waals surface area (Å²) in [6.07, 6.45) is 9.14. The highest BCUT2D eigenvalue weighted by Crippen LogP contribution is 2.58. The van der Waals surface area contributed by atoms with E-state index in [-0.39, 0.29) is 0 Å². The van der Waals surface area contributed by atoms with Crippen molar-refractivity contribution in [2.24, 2.45) is 23.7 Å². The molecule has 0 spiro atoms. The van der Waals surface area contributed by atoms with Crippen molar-refractivity contribution in [1.29, 1.82) is 0 Å². The van der Waals surface area contributed by atoms with E-state index in [1.54, 1.807) is 6.20 Å². The minimum absolute atomic E-state index is 0.747. The number of hydrogen-bond donors (Lipinski definition) is 1. The predicted octanol–water partition coefficient (Wildman–Crippen LogP) is 2.39. The third kappa shape index (κ3) is 1.68. The van der Waals surface area contributed by atoms with Crippen molar-refractivity contribution < 1.29 is 0 Å². The van der Waals surface area contributed by atoms with Gasteiger partial charge in [0.15, 0.2) is 0 Å². The summed E-state index contributed by atoms with van der Waals surface area (Å²) >= 11 is 0. The Kier molecular flexibility index (Phi) is 2.61. The number of nitrogens with zero attached hydrogens (tertiary/aromatic N) is 2. The monoisotopic (exact) mass is 243 g/mol. The number of fused-ring (bicyclic) bond motifs is 5. The van der Waals surface area contributed by atoms with E-state index in [9.17, 15) is 0 Å². The molecule has 3 heteroatoms. The van der Waals surface area contributed by atoms with Crippen LogP contribution in [0.5, 0.6) is 0 Å². The molecule has 3 saturated carbocycles. The molecule has 3 fully saturated rings. The SMILES string of the molecule is c1cnnc(CNC2CC3CC2C2CCCC32)c1. The molecule has 3 aliphatic rings. The molecule has 0 aliphatic heterocycles. The summed E-state index contributed by atoms with van der Waals surface area (Å²) in [6, 6.07) is 4.78. The molecule has 5 atom stereocenters. The molecular weight excluding hydrogens is 222 g/mol. The molecule has 18 heavy (non-hydrogen) atoms. The normalized spacial score (nSPS) is 41.2. The highest BCUT2D eigenvalue weighted by molar-refractivity contribution is 5.06. The minimum atomic E-state index is 0.747. The number of hydrogen-bond acceptors (Lipinski definition) is 3. The Morgan fingerprint density at radius 2 is 2.11 bits per heavy atom. The smallest absolute Gasteiger partial charge is 0.0769 e. The third-order valence-electron chi connectivity index (χ3n) is 5.60. The molecule has 1 aromatic heterocycles. The van der Waals surface area contributed by atoms with Crippen molar-refractivity contribution >= 4 is 0 Å². The highest BCUT2D eigenvalue weighted by atomic mass is 15.1. The standard InChI is InChI=1S/C15H21N3/c1-4-12-10-7-14(13(12)5-1)15(8-10)16-9-11-3-2-6-17-18-11/h2-3,6,10,12-16H,1,4-5,7-9H2. The van der Waals surface area contributed by atoms with Crippen LogP contribution in [0.3, 0.4) is 0 Å². The molecule has 1 aromatic rings. The molecule has 96 valence electrons. The van der Waals surface area contributed by atoms with Crippen LogP contribution in [0.25, 0.3) is 0 Å². The fourth-order valence-corrected chi connectivity index (χ4v) is 4.97. The first-order chi connectivity index (χ1) is 8.92. The second-order valence-electron chi connectivity index (χ2n) is 6.36. The maximum Gasteiger partial charge on any atom is 0.0769 e. The fraction of sp³-hybridized carbons (Fsp3) is 0.733. The van der Waals surface area contributed by atoms with Gasteiger partial charge >= 0.3 is 0 Å². The molecule has 0 saturated heterocycles. The Hall–Kier alpha value is -0.960. The predicted molar refractivity (Wildman–Crippen MR) is 69.7 cm³/mol. The van der Waals surface area contributed by atoms with Gasteiger partial charge in [0.25, 0.3) is 0 Å². The molecule has 1 heterocycles. The van der Waals surface area contributed by atoms with Gasteiger partial charge in [0.2, 0.25) is 0 Å². The summed E-state index contributed by atoms with van der Waals surface area (Å²) in [6.45, 7) is 0.888. The first kappa shape index (κ1) is 10.9. The van der Waals surface area contributed by atoms with Gasteiger partial charge in [0.05, 0.1) is 5.69 Å². The van der Waals surface area contributed by atoms with E-state index in [0.717, 1.165) is 42.0 Å². The molecule has 0 radical (unpaired) electrons. The molecular formula is C15H21N3. The van der Waals surface area contributed by atoms with Gasteiger partial charge in [0.1, 0.15) is 0 Å². The van der Waals surface area contributed by atoms with Gasteiger partial charge in [-0.15, -0.1) is 0 Å². The van der Waals surface area contributed by atoms with Crippen LogP contribution < -0.4 is 5.32 Å². The van der Waals surface area contributed by atoms with Gasteiger partial charge < -0.3 is 5.32 Å². The van der Waals surface area contributed by atoms with E-state index >= 15 is 0 Å². The highest BCUT2D eigenvalue weighted by Gasteiger charge is 2.53. The number of nitrogens with one attached hydrogen (secondary N) is 1. The van der Waals surface area contributed by atoms with E-state index < -0.39 is 0 Å². The maximum absolute atomic E-state index is 4.16. The van der Waals surface area contributed by atoms with Crippen molar-refractivity contribution in [2.75, 3.05) is 0 Å². The molecule has 3 aliphatic carbocycles. The zero-order valence-electron chi connectivity index (χ0n) is 10.8. The summed E-state index contributed by atoms with van der Waals surface area (Å²) < 4.78 is 0. The Labute approximate surface area is 108 Å². The van der Waals surface area contributed by atoms with E-state index in [1.165, 1.54) is 32.1 Å². The van der Waals surface area contributed by atoms with Crippen LogP contribution in [0.4, 0.5) is 0 Å². The van der Waals surface area contributed by atoms with Crippen LogP contribution in [0.1, 0.15) is 37.8 Å². The largest absolute Gasteiger partial charge is 0.308 e. The Morgan fingerprint density at radius 3 is 3.00 bits per heavy atom. The lowest BCUT2D eigenvalue weighted by atomic mass is 9.79. The Morgan fingerprint density at radius 1 is 1.17 bits per heavy atom. The summed E-state index contributed by atoms with van der Waals surface area (Å²) in [5.74, 6) is 4.12. The van der Waals surface area contributed by atoms with Crippen LogP contribution in [0.15, 0.2) is 18.3 Å². The molecule has 0 aromatic carbocycles. The lowest BCUT2D eigenvalue weighted by Gasteiger charge is -2.32. The third-order valence-corrected chi connectivity index (χ3v) is 5.60. The molecule has 2 bridgehead atoms. The van der Waals surface area contributed by atoms with E-state index in [4.69, 9.17) is 0 Å². The van der Waals surface area contributed by atoms with Crippen molar-refractivity contribution in [3.8, 4) is 0 Å². The van der Waals surface area contributed by atoms with Crippen LogP contribution >= 0.6 is 0 Å². The zero-order chi connectivity index (χ0) is 11.9.